The number of benzene rings is 2. The quantitative estimate of drug-likeness (QED) is 0.0651. The molecule has 2 amide bonds. The number of likely N-dealkylation sites (tertiary alicyclic amines) is 2. The number of amides is 2. The first-order valence-corrected chi connectivity index (χ1v) is 36.1. The molecule has 582 valence electrons. The molecule has 0 aliphatic carbocycles. The van der Waals surface area contributed by atoms with E-state index in [0.29, 0.717) is 88.6 Å². The molecule has 0 bridgehead atoms. The zero-order chi connectivity index (χ0) is 78.8. The Morgan fingerprint density at radius 2 is 1.00 bits per heavy atom. The molecule has 0 radical (unpaired) electrons. The van der Waals surface area contributed by atoms with E-state index < -0.39 is 0 Å². The van der Waals surface area contributed by atoms with Gasteiger partial charge in [-0.15, -0.1) is 0 Å². The van der Waals surface area contributed by atoms with Gasteiger partial charge in [-0.25, -0.2) is 29.9 Å². The van der Waals surface area contributed by atoms with Crippen molar-refractivity contribution in [2.45, 2.75) is 118 Å². The summed E-state index contributed by atoms with van der Waals surface area (Å²) in [6, 6.07) is 15.0. The average molecular weight is 1510 g/mol. The summed E-state index contributed by atoms with van der Waals surface area (Å²) in [5.74, 6) is 1.70. The second-order valence-electron chi connectivity index (χ2n) is 28.6. The van der Waals surface area contributed by atoms with E-state index in [2.05, 4.69) is 135 Å². The van der Waals surface area contributed by atoms with E-state index in [1.165, 1.54) is 11.9 Å². The number of aliphatic imine (C=N–C) groups is 2. The van der Waals surface area contributed by atoms with Gasteiger partial charge in [0.15, 0.2) is 56.6 Å². The zero-order valence-electron chi connectivity index (χ0n) is 62.5. The summed E-state index contributed by atoms with van der Waals surface area (Å²) >= 11 is 0. The number of aromatic amines is 4. The van der Waals surface area contributed by atoms with Gasteiger partial charge in [-0.1, -0.05) is 102 Å². The third kappa shape index (κ3) is 18.4. The third-order valence-electron chi connectivity index (χ3n) is 20.2. The number of aliphatic hydroxyl groups is 2. The van der Waals surface area contributed by atoms with Crippen LogP contribution in [-0.2, 0) is 36.3 Å². The van der Waals surface area contributed by atoms with Crippen LogP contribution in [0.3, 0.4) is 0 Å². The maximum Gasteiger partial charge on any atom is 0.280 e. The number of aliphatic hydroxyl groups excluding tert-OH is 2. The van der Waals surface area contributed by atoms with Gasteiger partial charge in [0, 0.05) is 59.5 Å². The number of guanidine groups is 2. The van der Waals surface area contributed by atoms with Crippen molar-refractivity contribution in [2.75, 3.05) is 68.8 Å². The van der Waals surface area contributed by atoms with Crippen molar-refractivity contribution >= 4 is 98.3 Å². The Labute approximate surface area is 629 Å². The van der Waals surface area contributed by atoms with Crippen LogP contribution < -0.4 is 77.9 Å². The van der Waals surface area contributed by atoms with Crippen molar-refractivity contribution in [1.29, 1.82) is 0 Å². The van der Waals surface area contributed by atoms with E-state index in [-0.39, 0.29) is 112 Å². The number of H-pyrrole nitrogens is 4. The summed E-state index contributed by atoms with van der Waals surface area (Å²) in [4.78, 5) is 125. The van der Waals surface area contributed by atoms with Crippen LogP contribution in [-0.4, -0.2) is 198 Å². The molecule has 14 heterocycles. The molecule has 8 aromatic heterocycles. The predicted molar refractivity (Wildman–Crippen MR) is 420 cm³/mol. The summed E-state index contributed by atoms with van der Waals surface area (Å²) in [5, 5.41) is 30.5. The highest BCUT2D eigenvalue weighted by Crippen LogP contribution is 2.30. The molecule has 8 unspecified atom stereocenters. The Hall–Kier alpha value is -12.4. The number of rotatable bonds is 15. The van der Waals surface area contributed by atoms with Crippen molar-refractivity contribution in [1.82, 2.24) is 109 Å². The average Bonchev–Trinajstić information content (AvgIpc) is 1.71. The molecule has 38 heteroatoms. The van der Waals surface area contributed by atoms with Gasteiger partial charge in [0.2, 0.25) is 23.8 Å². The van der Waals surface area contributed by atoms with Crippen LogP contribution in [0.25, 0.3) is 50.7 Å². The fourth-order valence-corrected chi connectivity index (χ4v) is 13.6. The Balaban J connectivity index is 0.000000132. The minimum atomic E-state index is -0.355. The summed E-state index contributed by atoms with van der Waals surface area (Å²) in [7, 11) is 1.75. The number of hydrogen-bond acceptors (Lipinski definition) is 28. The standard InChI is InChI=1S/C15H15N5O.2C13H21N5O2.C13H13N5O.C12H19N5O.C6H7N5O/c1-2-5-10-6-3-4-7-11(10)8-20-9-17-12-13(20)18-15(16)19-14(12)21;1-7-3-18(5-9(7)6-19)4-8-2-15-11-10(8)16-13(14)17-12(11)20;1-2-7-4-18(6-9(7)19)5-8-3-15-11-10(8)16-13(14)17-12(11)20;1-8-4-2-3-5-9(8)6-18-7-15-10-11(18)16-13(14)17-12(10)19;1-4-12(2,3)5-6-17-7-14-8-9(17)15-11(13)16-10(8)18;1-11-2-8-3-4(11)9-6(7)10-5(3)12/h2-7,9H,8H2,1H3,(H3,16,18,19,21);2,7,9-11,15,19H,3-6H2,1H3,(H3,14,16,17,20);3,7,9-11,15,19H,2,4-6H2,1H3,(H3,14,16,17,20);2-5,7H,6H2,1H3,(H3,14,16,17,19);7H,4-6H2,1-3H3,(H3,13,15,16,18);2H,1H3,(H3,7,9,10,12)/b5-2+;;;;;. The highest BCUT2D eigenvalue weighted by Gasteiger charge is 2.42. The Morgan fingerprint density at radius 3 is 1.47 bits per heavy atom. The number of carbonyl (C=O) groups is 2. The van der Waals surface area contributed by atoms with Gasteiger partial charge >= 0.3 is 0 Å². The largest absolute Gasteiger partial charge is 0.396 e. The van der Waals surface area contributed by atoms with E-state index in [9.17, 15) is 39.0 Å². The number of fused-ring (bicyclic) bond motifs is 6. The molecular weight excluding hydrogens is 1410 g/mol. The van der Waals surface area contributed by atoms with Gasteiger partial charge in [-0.05, 0) is 95.7 Å². The minimum absolute atomic E-state index is 0.0935. The fraction of sp³-hybridized carbons (Fsp3) is 0.417. The van der Waals surface area contributed by atoms with Gasteiger partial charge in [0.25, 0.3) is 34.1 Å². The second kappa shape index (κ2) is 34.2. The monoisotopic (exact) mass is 1510 g/mol. The zero-order valence-corrected chi connectivity index (χ0v) is 62.5. The molecule has 6 aliphatic heterocycles. The van der Waals surface area contributed by atoms with Crippen LogP contribution in [0.15, 0.2) is 133 Å². The lowest BCUT2D eigenvalue weighted by Crippen LogP contribution is -2.55. The van der Waals surface area contributed by atoms with Crippen LogP contribution in [0.2, 0.25) is 0 Å². The molecule has 2 aromatic carbocycles. The number of allylic oxidation sites excluding steroid dienone is 1. The number of anilines is 4. The maximum atomic E-state index is 11.8. The van der Waals surface area contributed by atoms with Gasteiger partial charge in [-0.3, -0.25) is 69.1 Å². The van der Waals surface area contributed by atoms with Crippen LogP contribution in [0.4, 0.5) is 23.8 Å². The summed E-state index contributed by atoms with van der Waals surface area (Å²) in [6.45, 7) is 22.0. The first kappa shape index (κ1) is 78.6. The second-order valence-corrected chi connectivity index (χ2v) is 28.6. The van der Waals surface area contributed by atoms with E-state index in [1.807, 2.05) is 101 Å². The molecule has 0 saturated carbocycles. The molecule has 0 spiro atoms. The molecule has 10 aromatic rings. The SMILES string of the molecule is C/C=C/c1ccccc1Cn1cnc2c(=O)[nH]c(N)nc21.CC1CN(CC2=CNC3C(=O)NC(N)=NC23)CC1CO.CCC(C)(C)CCn1cnc2c(=O)[nH]c(N)nc21.CCC1CN(CC2=CNC3C(=O)NC(N)=NC23)CC1O.Cc1ccccc1Cn1cnc2c(=O)[nH]c(N)nc21.Cn1cnc2c(=O)[nH]c(N)nc21. The number of nitrogens with one attached hydrogen (secondary N) is 8. The summed E-state index contributed by atoms with van der Waals surface area (Å²) in [6.07, 6.45) is 17.0. The van der Waals surface area contributed by atoms with E-state index in [0.717, 1.165) is 79.8 Å². The lowest BCUT2D eigenvalue weighted by Gasteiger charge is -2.25. The molecule has 2 fully saturated rings. The smallest absolute Gasteiger partial charge is 0.280 e. The van der Waals surface area contributed by atoms with Crippen LogP contribution >= 0.6 is 0 Å². The van der Waals surface area contributed by atoms with E-state index in [4.69, 9.17) is 34.4 Å². The first-order chi connectivity index (χ1) is 52.6. The molecule has 2 saturated heterocycles. The lowest BCUT2D eigenvalue weighted by atomic mass is 9.86. The molecule has 110 heavy (non-hydrogen) atoms. The molecule has 38 nitrogen and oxygen atoms in total. The van der Waals surface area contributed by atoms with Crippen molar-refractivity contribution in [2.24, 2.45) is 51.7 Å². The molecular formula is C72H96N30O8. The van der Waals surface area contributed by atoms with Gasteiger partial charge in [-0.2, -0.15) is 19.9 Å². The van der Waals surface area contributed by atoms with Crippen LogP contribution in [0.5, 0.6) is 0 Å². The first-order valence-electron chi connectivity index (χ1n) is 36.1. The van der Waals surface area contributed by atoms with Crippen molar-refractivity contribution < 1.29 is 19.8 Å². The van der Waals surface area contributed by atoms with Crippen LogP contribution in [0, 0.1) is 30.1 Å². The van der Waals surface area contributed by atoms with E-state index in [1.54, 1.807) is 30.6 Å². The van der Waals surface area contributed by atoms with Crippen LogP contribution in [0.1, 0.15) is 83.1 Å². The van der Waals surface area contributed by atoms with Crippen molar-refractivity contribution in [3.8, 4) is 0 Å². The third-order valence-corrected chi connectivity index (χ3v) is 20.2. The Kier molecular flexibility index (Phi) is 24.5. The van der Waals surface area contributed by atoms with Gasteiger partial charge < -0.3 is 73.5 Å². The fourth-order valence-electron chi connectivity index (χ4n) is 13.6. The topological polar surface area (TPSA) is 564 Å². The number of nitrogen functional groups attached to an aromatic ring is 4. The maximum absolute atomic E-state index is 11.8. The number of hydrogen-bond donors (Lipinski definition) is 16. The number of carbonyl (C=O) groups excluding carboxylic acids is 2. The minimum Gasteiger partial charge on any atom is -0.396 e. The number of β-amino-alcohol motifs (C(OH)–C–C–N with tert-alkyl or cyclic N) is 1. The molecule has 6 aliphatic rings. The molecule has 16 rings (SSSR count). The highest BCUT2D eigenvalue weighted by atomic mass is 16.3. The lowest BCUT2D eigenvalue weighted by molar-refractivity contribution is -0.122. The Morgan fingerprint density at radius 1 is 0.564 bits per heavy atom. The normalized spacial score (nSPS) is 20.7. The predicted octanol–water partition coefficient (Wildman–Crippen LogP) is 0.182. The highest BCUT2D eigenvalue weighted by molar-refractivity contribution is 6.02. The number of nitrogens with zero attached hydrogens (tertiary/aromatic N) is 16. The number of aryl methyl sites for hydroxylation is 3. The van der Waals surface area contributed by atoms with Gasteiger partial charge in [0.1, 0.15) is 24.2 Å². The Bertz CT molecular complexity index is 5320. The number of nitrogens with two attached hydrogens (primary N) is 6. The van der Waals surface area contributed by atoms with Crippen molar-refractivity contribution in [3.63, 3.8) is 0 Å². The van der Waals surface area contributed by atoms with E-state index >= 15 is 0 Å². The van der Waals surface area contributed by atoms with Crippen molar-refractivity contribution in [3.05, 3.63) is 167 Å². The number of aromatic nitrogens is 16. The summed E-state index contributed by atoms with van der Waals surface area (Å²) < 4.78 is 7.17. The summed E-state index contributed by atoms with van der Waals surface area (Å²) in [5.41, 5.74) is 42.4. The number of imidazole rings is 4. The molecule has 8 atom stereocenters. The molecule has 22 N–H and O–H groups in total. The van der Waals surface area contributed by atoms with Gasteiger partial charge in [0.05, 0.1) is 44.5 Å².